The Bertz CT molecular complexity index is 210. The summed E-state index contributed by atoms with van der Waals surface area (Å²) in [5, 5.41) is 3.36. The molecule has 4 heteroatoms. The van der Waals surface area contributed by atoms with E-state index in [-0.39, 0.29) is 11.4 Å². The minimum absolute atomic E-state index is 0.168. The van der Waals surface area contributed by atoms with E-state index in [9.17, 15) is 4.79 Å². The van der Waals surface area contributed by atoms with Crippen molar-refractivity contribution in [1.29, 1.82) is 0 Å². The Morgan fingerprint density at radius 3 is 2.85 bits per heavy atom. The van der Waals surface area contributed by atoms with Crippen LogP contribution >= 0.6 is 11.8 Å². The minimum atomic E-state index is -0.382. The molecule has 74 valence electrons. The molecule has 2 rings (SSSR count). The van der Waals surface area contributed by atoms with Crippen LogP contribution in [0.2, 0.25) is 0 Å². The summed E-state index contributed by atoms with van der Waals surface area (Å²) in [5.74, 6) is 2.55. The van der Waals surface area contributed by atoms with Crippen molar-refractivity contribution in [3.63, 3.8) is 0 Å². The van der Waals surface area contributed by atoms with Crippen molar-refractivity contribution in [3.8, 4) is 0 Å². The van der Waals surface area contributed by atoms with Gasteiger partial charge in [0.1, 0.15) is 5.54 Å². The molecule has 1 aliphatic carbocycles. The molecule has 0 bridgehead atoms. The molecular weight excluding hydrogens is 184 g/mol. The standard InChI is InChI=1S/C9H16N2OS/c10-8(12)9(3-4-13-6-9)11-5-7-1-2-7/h7,11H,1-6H2,(H2,10,12). The highest BCUT2D eigenvalue weighted by Crippen LogP contribution is 2.31. The molecule has 1 atom stereocenters. The van der Waals surface area contributed by atoms with Gasteiger partial charge in [0.25, 0.3) is 0 Å². The van der Waals surface area contributed by atoms with Gasteiger partial charge in [0.15, 0.2) is 0 Å². The van der Waals surface area contributed by atoms with Crippen molar-refractivity contribution in [3.05, 3.63) is 0 Å². The predicted octanol–water partition coefficient (Wildman–Crippen LogP) is 0.347. The molecule has 0 aromatic rings. The van der Waals surface area contributed by atoms with Crippen LogP contribution < -0.4 is 11.1 Å². The number of nitrogens with one attached hydrogen (secondary N) is 1. The van der Waals surface area contributed by atoms with Crippen LogP contribution in [-0.4, -0.2) is 29.5 Å². The molecule has 1 saturated heterocycles. The van der Waals surface area contributed by atoms with Crippen LogP contribution in [0.1, 0.15) is 19.3 Å². The van der Waals surface area contributed by atoms with Gasteiger partial charge in [0, 0.05) is 5.75 Å². The molecule has 2 fully saturated rings. The largest absolute Gasteiger partial charge is 0.368 e. The zero-order valence-electron chi connectivity index (χ0n) is 7.71. The van der Waals surface area contributed by atoms with Gasteiger partial charge >= 0.3 is 0 Å². The quantitative estimate of drug-likeness (QED) is 0.688. The van der Waals surface area contributed by atoms with Gasteiger partial charge in [-0.05, 0) is 37.5 Å². The number of primary amides is 1. The lowest BCUT2D eigenvalue weighted by atomic mass is 9.98. The fourth-order valence-electron chi connectivity index (χ4n) is 1.65. The molecule has 0 spiro atoms. The van der Waals surface area contributed by atoms with Gasteiger partial charge < -0.3 is 11.1 Å². The molecule has 1 amide bonds. The van der Waals surface area contributed by atoms with Crippen LogP contribution in [-0.2, 0) is 4.79 Å². The third-order valence-electron chi connectivity index (χ3n) is 2.92. The molecule has 3 N–H and O–H groups in total. The van der Waals surface area contributed by atoms with E-state index in [4.69, 9.17) is 5.73 Å². The topological polar surface area (TPSA) is 55.1 Å². The van der Waals surface area contributed by atoms with Crippen LogP contribution in [0.5, 0.6) is 0 Å². The maximum absolute atomic E-state index is 11.3. The Hall–Kier alpha value is -0.220. The SMILES string of the molecule is NC(=O)C1(NCC2CC2)CCSC1. The summed E-state index contributed by atoms with van der Waals surface area (Å²) in [6.45, 7) is 0.976. The second-order valence-corrected chi connectivity index (χ2v) is 5.18. The number of rotatable bonds is 4. The average Bonchev–Trinajstić information content (AvgIpc) is 2.80. The van der Waals surface area contributed by atoms with Gasteiger partial charge in [-0.2, -0.15) is 11.8 Å². The highest BCUT2D eigenvalue weighted by molar-refractivity contribution is 7.99. The smallest absolute Gasteiger partial charge is 0.238 e. The average molecular weight is 200 g/mol. The monoisotopic (exact) mass is 200 g/mol. The van der Waals surface area contributed by atoms with Gasteiger partial charge in [-0.15, -0.1) is 0 Å². The highest BCUT2D eigenvalue weighted by Gasteiger charge is 2.40. The molecule has 1 aliphatic heterocycles. The molecule has 2 aliphatic rings. The highest BCUT2D eigenvalue weighted by atomic mass is 32.2. The Balaban J connectivity index is 1.91. The number of carbonyl (C=O) groups excluding carboxylic acids is 1. The minimum Gasteiger partial charge on any atom is -0.368 e. The fourth-order valence-corrected chi connectivity index (χ4v) is 3.02. The molecule has 13 heavy (non-hydrogen) atoms. The lowest BCUT2D eigenvalue weighted by molar-refractivity contribution is -0.123. The van der Waals surface area contributed by atoms with Crippen molar-refractivity contribution in [1.82, 2.24) is 5.32 Å². The maximum atomic E-state index is 11.3. The molecule has 1 heterocycles. The zero-order valence-corrected chi connectivity index (χ0v) is 8.53. The number of carbonyl (C=O) groups is 1. The third-order valence-corrected chi connectivity index (χ3v) is 4.11. The van der Waals surface area contributed by atoms with E-state index in [0.29, 0.717) is 0 Å². The van der Waals surface area contributed by atoms with Crippen molar-refractivity contribution in [2.24, 2.45) is 11.7 Å². The van der Waals surface area contributed by atoms with E-state index in [1.54, 1.807) is 0 Å². The van der Waals surface area contributed by atoms with Gasteiger partial charge in [0.2, 0.25) is 5.91 Å². The van der Waals surface area contributed by atoms with E-state index in [1.807, 2.05) is 11.8 Å². The number of hydrogen-bond acceptors (Lipinski definition) is 3. The fraction of sp³-hybridized carbons (Fsp3) is 0.889. The number of thioether (sulfide) groups is 1. The summed E-state index contributed by atoms with van der Waals surface area (Å²) >= 11 is 1.82. The van der Waals surface area contributed by atoms with E-state index >= 15 is 0 Å². The summed E-state index contributed by atoms with van der Waals surface area (Å²) in [5.41, 5.74) is 5.04. The first kappa shape index (κ1) is 9.34. The van der Waals surface area contributed by atoms with Gasteiger partial charge in [-0.1, -0.05) is 0 Å². The molecule has 3 nitrogen and oxygen atoms in total. The second kappa shape index (κ2) is 3.50. The molecule has 0 radical (unpaired) electrons. The van der Waals surface area contributed by atoms with Gasteiger partial charge in [-0.25, -0.2) is 0 Å². The molecule has 0 aromatic carbocycles. The van der Waals surface area contributed by atoms with Crippen molar-refractivity contribution < 1.29 is 4.79 Å². The first-order chi connectivity index (χ1) is 6.23. The maximum Gasteiger partial charge on any atom is 0.238 e. The predicted molar refractivity (Wildman–Crippen MR) is 54.6 cm³/mol. The first-order valence-corrected chi connectivity index (χ1v) is 6.01. The number of amides is 1. The van der Waals surface area contributed by atoms with Crippen LogP contribution in [0.25, 0.3) is 0 Å². The van der Waals surface area contributed by atoms with Crippen LogP contribution in [0.15, 0.2) is 0 Å². The van der Waals surface area contributed by atoms with E-state index in [1.165, 1.54) is 12.8 Å². The Kier molecular flexibility index (Phi) is 2.51. The Labute approximate surface area is 82.8 Å². The molecule has 0 aromatic heterocycles. The second-order valence-electron chi connectivity index (χ2n) is 4.07. The Morgan fingerprint density at radius 1 is 1.62 bits per heavy atom. The van der Waals surface area contributed by atoms with Crippen LogP contribution in [0.3, 0.4) is 0 Å². The summed E-state index contributed by atoms with van der Waals surface area (Å²) in [6, 6.07) is 0. The number of nitrogens with two attached hydrogens (primary N) is 1. The van der Waals surface area contributed by atoms with E-state index < -0.39 is 0 Å². The molecular formula is C9H16N2OS. The third kappa shape index (κ3) is 1.99. The van der Waals surface area contributed by atoms with Gasteiger partial charge in [0.05, 0.1) is 0 Å². The first-order valence-electron chi connectivity index (χ1n) is 4.86. The van der Waals surface area contributed by atoms with Crippen molar-refractivity contribution in [2.75, 3.05) is 18.1 Å². The summed E-state index contributed by atoms with van der Waals surface area (Å²) in [4.78, 5) is 11.3. The summed E-state index contributed by atoms with van der Waals surface area (Å²) in [7, 11) is 0. The van der Waals surface area contributed by atoms with E-state index in [0.717, 1.165) is 30.4 Å². The molecule has 1 unspecified atom stereocenters. The number of hydrogen-bond donors (Lipinski definition) is 2. The summed E-state index contributed by atoms with van der Waals surface area (Å²) in [6.07, 6.45) is 3.53. The van der Waals surface area contributed by atoms with Gasteiger partial charge in [-0.3, -0.25) is 4.79 Å². The summed E-state index contributed by atoms with van der Waals surface area (Å²) < 4.78 is 0. The van der Waals surface area contributed by atoms with Crippen LogP contribution in [0, 0.1) is 5.92 Å². The van der Waals surface area contributed by atoms with E-state index in [2.05, 4.69) is 5.32 Å². The van der Waals surface area contributed by atoms with Crippen molar-refractivity contribution in [2.45, 2.75) is 24.8 Å². The lowest BCUT2D eigenvalue weighted by Crippen LogP contribution is -2.56. The van der Waals surface area contributed by atoms with Crippen LogP contribution in [0.4, 0.5) is 0 Å². The molecule has 1 saturated carbocycles. The van der Waals surface area contributed by atoms with Crippen molar-refractivity contribution >= 4 is 17.7 Å². The normalized spacial score (nSPS) is 33.5. The zero-order chi connectivity index (χ0) is 9.31. The Morgan fingerprint density at radius 2 is 2.38 bits per heavy atom. The lowest BCUT2D eigenvalue weighted by Gasteiger charge is -2.25.